The number of nitrogens with two attached hydrogens (primary N) is 1. The molecular weight excluding hydrogens is 140 g/mol. The molecule has 1 aliphatic rings. The van der Waals surface area contributed by atoms with Gasteiger partial charge in [-0.3, -0.25) is 0 Å². The molecule has 0 amide bonds. The maximum atomic E-state index is 5.52. The molecule has 0 aliphatic heterocycles. The summed E-state index contributed by atoms with van der Waals surface area (Å²) in [4.78, 5) is 0. The van der Waals surface area contributed by atoms with Crippen LogP contribution in [0.3, 0.4) is 0 Å². The molecule has 1 saturated carbocycles. The molecule has 1 aliphatic carbocycles. The second-order valence-electron chi connectivity index (χ2n) is 3.08. The molecule has 0 heterocycles. The molecule has 0 radical (unpaired) electrons. The van der Waals surface area contributed by atoms with Gasteiger partial charge >= 0.3 is 0 Å². The van der Waals surface area contributed by atoms with Crippen LogP contribution in [0.1, 0.15) is 32.1 Å². The molecule has 0 aromatic rings. The van der Waals surface area contributed by atoms with Crippen LogP contribution in [0, 0.1) is 0 Å². The molecule has 0 unspecified atom stereocenters. The Hall–Kier alpha value is 0.137. The van der Waals surface area contributed by atoms with Gasteiger partial charge in [0.1, 0.15) is 9.68 Å². The lowest BCUT2D eigenvalue weighted by molar-refractivity contribution is 0.389. The van der Waals surface area contributed by atoms with Crippen molar-refractivity contribution in [1.29, 1.82) is 0 Å². The minimum absolute atomic E-state index is 0.242. The molecule has 1 rings (SSSR count). The van der Waals surface area contributed by atoms with Crippen LogP contribution in [0.5, 0.6) is 0 Å². The van der Waals surface area contributed by atoms with Crippen LogP contribution in [0.4, 0.5) is 0 Å². The van der Waals surface area contributed by atoms with Crippen molar-refractivity contribution in [3.8, 4) is 0 Å². The van der Waals surface area contributed by atoms with E-state index in [1.807, 2.05) is 0 Å². The van der Waals surface area contributed by atoms with Crippen molar-refractivity contribution in [3.05, 3.63) is 0 Å². The third-order valence-corrected chi connectivity index (χ3v) is 2.76. The molecule has 0 bridgehead atoms. The maximum Gasteiger partial charge on any atom is 0.103 e. The SMILES string of the molecule is N[SiH2]CNC1CCCCC1. The standard InChI is InChI=1S/C7H18N2Si/c8-10-6-9-7-4-2-1-3-5-7/h7,9H,1-6,8,10H2. The number of hydrogen-bond acceptors (Lipinski definition) is 2. The Balaban J connectivity index is 2.02. The highest BCUT2D eigenvalue weighted by molar-refractivity contribution is 6.31. The average molecular weight is 158 g/mol. The Morgan fingerprint density at radius 1 is 1.30 bits per heavy atom. The summed E-state index contributed by atoms with van der Waals surface area (Å²) in [7, 11) is -0.242. The summed E-state index contributed by atoms with van der Waals surface area (Å²) in [6.07, 6.45) is 8.18. The fourth-order valence-electron chi connectivity index (χ4n) is 1.59. The smallest absolute Gasteiger partial charge is 0.103 e. The van der Waals surface area contributed by atoms with Gasteiger partial charge in [0.2, 0.25) is 0 Å². The minimum Gasteiger partial charge on any atom is -0.355 e. The number of rotatable bonds is 3. The van der Waals surface area contributed by atoms with Crippen molar-refractivity contribution in [2.45, 2.75) is 38.1 Å². The summed E-state index contributed by atoms with van der Waals surface area (Å²) in [5.74, 6) is 0. The molecule has 0 atom stereocenters. The van der Waals surface area contributed by atoms with Gasteiger partial charge in [-0.1, -0.05) is 19.3 Å². The van der Waals surface area contributed by atoms with E-state index in [2.05, 4.69) is 5.32 Å². The molecule has 10 heavy (non-hydrogen) atoms. The Bertz CT molecular complexity index is 81.7. The third-order valence-electron chi connectivity index (χ3n) is 2.18. The molecule has 2 nitrogen and oxygen atoms in total. The van der Waals surface area contributed by atoms with E-state index in [9.17, 15) is 0 Å². The zero-order valence-corrected chi connectivity index (χ0v) is 8.02. The summed E-state index contributed by atoms with van der Waals surface area (Å²) in [6, 6.07) is 0.810. The van der Waals surface area contributed by atoms with Gasteiger partial charge in [0, 0.05) is 6.04 Å². The molecule has 3 N–H and O–H groups in total. The van der Waals surface area contributed by atoms with E-state index in [-0.39, 0.29) is 9.68 Å². The normalized spacial score (nSPS) is 22.5. The summed E-state index contributed by atoms with van der Waals surface area (Å²) >= 11 is 0. The van der Waals surface area contributed by atoms with Crippen LogP contribution >= 0.6 is 0 Å². The molecule has 0 spiro atoms. The molecule has 1 fully saturated rings. The first-order valence-corrected chi connectivity index (χ1v) is 6.18. The monoisotopic (exact) mass is 158 g/mol. The van der Waals surface area contributed by atoms with Crippen LogP contribution in [-0.4, -0.2) is 21.9 Å². The zero-order valence-electron chi connectivity index (χ0n) is 6.60. The van der Waals surface area contributed by atoms with Gasteiger partial charge in [-0.25, -0.2) is 0 Å². The van der Waals surface area contributed by atoms with Gasteiger partial charge < -0.3 is 10.7 Å². The van der Waals surface area contributed by atoms with Crippen molar-refractivity contribution in [1.82, 2.24) is 5.32 Å². The summed E-state index contributed by atoms with van der Waals surface area (Å²) in [5.41, 5.74) is 0. The largest absolute Gasteiger partial charge is 0.355 e. The van der Waals surface area contributed by atoms with Crippen molar-refractivity contribution >= 4 is 9.68 Å². The van der Waals surface area contributed by atoms with Crippen LogP contribution in [0.2, 0.25) is 0 Å². The molecule has 60 valence electrons. The van der Waals surface area contributed by atoms with Gasteiger partial charge in [0.05, 0.1) is 0 Å². The quantitative estimate of drug-likeness (QED) is 0.563. The minimum atomic E-state index is -0.242. The molecule has 0 aromatic carbocycles. The van der Waals surface area contributed by atoms with Gasteiger partial charge in [-0.15, -0.1) is 0 Å². The third kappa shape index (κ3) is 2.81. The Morgan fingerprint density at radius 3 is 2.60 bits per heavy atom. The van der Waals surface area contributed by atoms with E-state index in [0.717, 1.165) is 12.2 Å². The Labute approximate surface area is 65.5 Å². The number of hydrogen-bond donors (Lipinski definition) is 2. The molecule has 3 heteroatoms. The first kappa shape index (κ1) is 8.24. The highest BCUT2D eigenvalue weighted by atomic mass is 28.2. The summed E-state index contributed by atoms with van der Waals surface area (Å²) in [6.45, 7) is 0. The molecule has 0 saturated heterocycles. The van der Waals surface area contributed by atoms with Crippen molar-refractivity contribution in [3.63, 3.8) is 0 Å². The highest BCUT2D eigenvalue weighted by Gasteiger charge is 2.10. The van der Waals surface area contributed by atoms with Gasteiger partial charge in [-0.05, 0) is 19.0 Å². The van der Waals surface area contributed by atoms with Gasteiger partial charge in [0.15, 0.2) is 0 Å². The first-order chi connectivity index (χ1) is 4.93. The lowest BCUT2D eigenvalue weighted by Gasteiger charge is -2.22. The topological polar surface area (TPSA) is 38.0 Å². The predicted molar refractivity (Wildman–Crippen MR) is 47.6 cm³/mol. The van der Waals surface area contributed by atoms with E-state index >= 15 is 0 Å². The van der Waals surface area contributed by atoms with E-state index < -0.39 is 0 Å². The van der Waals surface area contributed by atoms with E-state index in [4.69, 9.17) is 5.40 Å². The maximum absolute atomic E-state index is 5.52. The van der Waals surface area contributed by atoms with Gasteiger partial charge in [0.25, 0.3) is 0 Å². The second kappa shape index (κ2) is 4.88. The molecular formula is C7H18N2Si. The van der Waals surface area contributed by atoms with E-state index in [1.165, 1.54) is 32.1 Å². The highest BCUT2D eigenvalue weighted by Crippen LogP contribution is 2.16. The average Bonchev–Trinajstić information content (AvgIpc) is 2.03. The van der Waals surface area contributed by atoms with Crippen LogP contribution in [0.25, 0.3) is 0 Å². The van der Waals surface area contributed by atoms with Crippen molar-refractivity contribution in [2.75, 3.05) is 6.17 Å². The molecule has 0 aromatic heterocycles. The van der Waals surface area contributed by atoms with Crippen molar-refractivity contribution < 1.29 is 0 Å². The predicted octanol–water partition coefficient (Wildman–Crippen LogP) is -0.0913. The lowest BCUT2D eigenvalue weighted by Crippen LogP contribution is -2.36. The van der Waals surface area contributed by atoms with Crippen LogP contribution in [0.15, 0.2) is 0 Å². The van der Waals surface area contributed by atoms with Crippen LogP contribution < -0.4 is 10.7 Å². The summed E-state index contributed by atoms with van der Waals surface area (Å²) < 4.78 is 0. The van der Waals surface area contributed by atoms with Crippen LogP contribution in [-0.2, 0) is 0 Å². The van der Waals surface area contributed by atoms with Gasteiger partial charge in [-0.2, -0.15) is 0 Å². The Morgan fingerprint density at radius 2 is 2.00 bits per heavy atom. The number of nitrogens with one attached hydrogen (secondary N) is 1. The fourth-order valence-corrected chi connectivity index (χ4v) is 2.17. The van der Waals surface area contributed by atoms with Crippen molar-refractivity contribution in [2.24, 2.45) is 5.40 Å². The zero-order chi connectivity index (χ0) is 7.23. The summed E-state index contributed by atoms with van der Waals surface area (Å²) in [5, 5.41) is 9.03. The Kier molecular flexibility index (Phi) is 4.02. The van der Waals surface area contributed by atoms with E-state index in [1.54, 1.807) is 0 Å². The first-order valence-electron chi connectivity index (χ1n) is 4.37. The second-order valence-corrected chi connectivity index (χ2v) is 4.16. The fraction of sp³-hybridized carbons (Fsp3) is 1.00. The van der Waals surface area contributed by atoms with E-state index in [0.29, 0.717) is 0 Å². The lowest BCUT2D eigenvalue weighted by atomic mass is 9.96.